The van der Waals surface area contributed by atoms with Crippen molar-refractivity contribution in [3.05, 3.63) is 29.8 Å². The first-order valence-electron chi connectivity index (χ1n) is 7.50. The summed E-state index contributed by atoms with van der Waals surface area (Å²) >= 11 is 0. The third kappa shape index (κ3) is 3.31. The highest BCUT2D eigenvalue weighted by molar-refractivity contribution is 5.77. The predicted molar refractivity (Wildman–Crippen MR) is 82.7 cm³/mol. The molecule has 1 aromatic carbocycles. The van der Waals surface area contributed by atoms with Crippen LogP contribution in [-0.4, -0.2) is 25.5 Å². The summed E-state index contributed by atoms with van der Waals surface area (Å²) in [5.41, 5.74) is 7.99. The number of nitrogens with two attached hydrogens (primary N) is 1. The highest BCUT2D eigenvalue weighted by Crippen LogP contribution is 2.33. The number of para-hydroxylation sites is 1. The number of carbonyl (C=O) groups is 1. The van der Waals surface area contributed by atoms with Crippen molar-refractivity contribution in [2.75, 3.05) is 24.5 Å². The van der Waals surface area contributed by atoms with Gasteiger partial charge in [-0.05, 0) is 31.0 Å². The van der Waals surface area contributed by atoms with E-state index in [2.05, 4.69) is 41.4 Å². The largest absolute Gasteiger partial charge is 0.370 e. The zero-order valence-corrected chi connectivity index (χ0v) is 12.4. The smallest absolute Gasteiger partial charge is 0.222 e. The molecule has 0 aromatic heterocycles. The summed E-state index contributed by atoms with van der Waals surface area (Å²) in [6, 6.07) is 8.90. The maximum atomic E-state index is 11.3. The zero-order chi connectivity index (χ0) is 14.5. The Hall–Kier alpha value is -1.55. The Balaban J connectivity index is 2.26. The number of fused-ring (bicyclic) bond motifs is 1. The molecule has 1 aliphatic rings. The fraction of sp³-hybridized carbons (Fsp3) is 0.562. The molecule has 0 radical (unpaired) electrons. The van der Waals surface area contributed by atoms with Crippen LogP contribution in [-0.2, 0) is 4.79 Å². The van der Waals surface area contributed by atoms with Crippen LogP contribution in [0, 0.1) is 5.92 Å². The molecule has 0 saturated heterocycles. The van der Waals surface area contributed by atoms with Crippen molar-refractivity contribution in [2.45, 2.75) is 32.7 Å². The topological polar surface area (TPSA) is 58.4 Å². The first kappa shape index (κ1) is 14.9. The molecule has 1 heterocycles. The number of rotatable bonds is 5. The lowest BCUT2D eigenvalue weighted by Crippen LogP contribution is -2.35. The van der Waals surface area contributed by atoms with E-state index in [0.29, 0.717) is 12.6 Å². The Morgan fingerprint density at radius 3 is 2.95 bits per heavy atom. The van der Waals surface area contributed by atoms with Crippen molar-refractivity contribution >= 4 is 11.6 Å². The average molecular weight is 275 g/mol. The van der Waals surface area contributed by atoms with Crippen molar-refractivity contribution in [1.82, 2.24) is 5.32 Å². The summed E-state index contributed by atoms with van der Waals surface area (Å²) in [5.74, 6) is -0.353. The van der Waals surface area contributed by atoms with Crippen molar-refractivity contribution in [3.8, 4) is 0 Å². The molecule has 0 spiro atoms. The highest BCUT2D eigenvalue weighted by Gasteiger charge is 2.23. The average Bonchev–Trinajstić information content (AvgIpc) is 2.60. The fourth-order valence-corrected chi connectivity index (χ4v) is 2.90. The van der Waals surface area contributed by atoms with Crippen LogP contribution < -0.4 is 16.0 Å². The Bertz CT molecular complexity index is 461. The SMILES string of the molecule is CCNC1CCCN(CC(C)C(N)=O)c2ccccc21. The summed E-state index contributed by atoms with van der Waals surface area (Å²) in [7, 11) is 0. The molecule has 0 bridgehead atoms. The number of benzene rings is 1. The third-order valence-corrected chi connectivity index (χ3v) is 4.00. The quantitative estimate of drug-likeness (QED) is 0.865. The fourth-order valence-electron chi connectivity index (χ4n) is 2.90. The van der Waals surface area contributed by atoms with Crippen LogP contribution >= 0.6 is 0 Å². The van der Waals surface area contributed by atoms with Crippen LogP contribution in [0.3, 0.4) is 0 Å². The van der Waals surface area contributed by atoms with Gasteiger partial charge in [-0.3, -0.25) is 4.79 Å². The van der Waals surface area contributed by atoms with Gasteiger partial charge < -0.3 is 16.0 Å². The minimum Gasteiger partial charge on any atom is -0.370 e. The molecule has 110 valence electrons. The lowest BCUT2D eigenvalue weighted by atomic mass is 10.0. The maximum Gasteiger partial charge on any atom is 0.222 e. The Morgan fingerprint density at radius 2 is 2.25 bits per heavy atom. The molecule has 2 atom stereocenters. The molecule has 2 rings (SSSR count). The molecule has 1 aliphatic heterocycles. The van der Waals surface area contributed by atoms with Crippen LogP contribution in [0.15, 0.2) is 24.3 Å². The second-order valence-electron chi connectivity index (χ2n) is 5.56. The lowest BCUT2D eigenvalue weighted by molar-refractivity contribution is -0.121. The standard InChI is InChI=1S/C16H25N3O/c1-3-18-14-8-6-10-19(11-12(2)16(17)20)15-9-5-4-7-13(14)15/h4-5,7,9,12,14,18H,3,6,8,10-11H2,1-2H3,(H2,17,20). The van der Waals surface area contributed by atoms with E-state index in [4.69, 9.17) is 5.73 Å². The molecule has 20 heavy (non-hydrogen) atoms. The lowest BCUT2D eigenvalue weighted by Gasteiger charge is -2.27. The van der Waals surface area contributed by atoms with Gasteiger partial charge in [-0.2, -0.15) is 0 Å². The van der Waals surface area contributed by atoms with Gasteiger partial charge in [-0.15, -0.1) is 0 Å². The van der Waals surface area contributed by atoms with Gasteiger partial charge in [-0.25, -0.2) is 0 Å². The number of anilines is 1. The number of nitrogens with one attached hydrogen (secondary N) is 1. The number of hydrogen-bond donors (Lipinski definition) is 2. The monoisotopic (exact) mass is 275 g/mol. The van der Waals surface area contributed by atoms with Crippen LogP contribution in [0.4, 0.5) is 5.69 Å². The summed E-state index contributed by atoms with van der Waals surface area (Å²) in [5, 5.41) is 3.56. The number of amides is 1. The van der Waals surface area contributed by atoms with E-state index in [1.807, 2.05) is 6.92 Å². The summed E-state index contributed by atoms with van der Waals surface area (Å²) in [4.78, 5) is 13.6. The summed E-state index contributed by atoms with van der Waals surface area (Å²) < 4.78 is 0. The predicted octanol–water partition coefficient (Wildman–Crippen LogP) is 2.06. The number of carbonyl (C=O) groups excluding carboxylic acids is 1. The van der Waals surface area contributed by atoms with Gasteiger partial charge in [0.05, 0.1) is 5.92 Å². The molecule has 0 fully saturated rings. The maximum absolute atomic E-state index is 11.3. The van der Waals surface area contributed by atoms with Gasteiger partial charge >= 0.3 is 0 Å². The Morgan fingerprint density at radius 1 is 1.50 bits per heavy atom. The molecular formula is C16H25N3O. The van der Waals surface area contributed by atoms with Crippen molar-refractivity contribution < 1.29 is 4.79 Å². The molecule has 1 aromatic rings. The molecule has 2 unspecified atom stereocenters. The van der Waals surface area contributed by atoms with Crippen LogP contribution in [0.2, 0.25) is 0 Å². The Labute approximate surface area is 121 Å². The van der Waals surface area contributed by atoms with E-state index in [1.165, 1.54) is 11.3 Å². The zero-order valence-electron chi connectivity index (χ0n) is 12.4. The van der Waals surface area contributed by atoms with Crippen molar-refractivity contribution in [1.29, 1.82) is 0 Å². The first-order chi connectivity index (χ1) is 9.63. The van der Waals surface area contributed by atoms with Gasteiger partial charge in [0.1, 0.15) is 0 Å². The first-order valence-corrected chi connectivity index (χ1v) is 7.50. The molecule has 4 nitrogen and oxygen atoms in total. The second-order valence-corrected chi connectivity index (χ2v) is 5.56. The summed E-state index contributed by atoms with van der Waals surface area (Å²) in [6.07, 6.45) is 2.25. The number of primary amides is 1. The van der Waals surface area contributed by atoms with E-state index in [9.17, 15) is 4.79 Å². The van der Waals surface area contributed by atoms with Gasteiger partial charge in [0.15, 0.2) is 0 Å². The minimum absolute atomic E-state index is 0.126. The number of hydrogen-bond acceptors (Lipinski definition) is 3. The van der Waals surface area contributed by atoms with E-state index in [1.54, 1.807) is 0 Å². The molecule has 1 amide bonds. The second kappa shape index (κ2) is 6.75. The van der Waals surface area contributed by atoms with E-state index in [0.717, 1.165) is 25.9 Å². The van der Waals surface area contributed by atoms with E-state index < -0.39 is 0 Å². The molecule has 3 N–H and O–H groups in total. The molecule has 4 heteroatoms. The number of nitrogens with zero attached hydrogens (tertiary/aromatic N) is 1. The van der Waals surface area contributed by atoms with E-state index >= 15 is 0 Å². The molecule has 0 saturated carbocycles. The van der Waals surface area contributed by atoms with Crippen LogP contribution in [0.25, 0.3) is 0 Å². The molecule has 0 aliphatic carbocycles. The van der Waals surface area contributed by atoms with Crippen LogP contribution in [0.1, 0.15) is 38.3 Å². The molecular weight excluding hydrogens is 250 g/mol. The Kier molecular flexibility index (Phi) is 5.01. The summed E-state index contributed by atoms with van der Waals surface area (Å²) in [6.45, 7) is 6.69. The third-order valence-electron chi connectivity index (χ3n) is 4.00. The van der Waals surface area contributed by atoms with Crippen LogP contribution in [0.5, 0.6) is 0 Å². The van der Waals surface area contributed by atoms with E-state index in [-0.39, 0.29) is 11.8 Å². The van der Waals surface area contributed by atoms with Gasteiger partial charge in [0, 0.05) is 24.8 Å². The van der Waals surface area contributed by atoms with Crippen molar-refractivity contribution in [2.24, 2.45) is 11.7 Å². The van der Waals surface area contributed by atoms with Gasteiger partial charge in [0.2, 0.25) is 5.91 Å². The normalized spacial score (nSPS) is 20.1. The van der Waals surface area contributed by atoms with Gasteiger partial charge in [0.25, 0.3) is 0 Å². The van der Waals surface area contributed by atoms with Crippen molar-refractivity contribution in [3.63, 3.8) is 0 Å². The highest BCUT2D eigenvalue weighted by atomic mass is 16.1. The minimum atomic E-state index is -0.227. The van der Waals surface area contributed by atoms with Gasteiger partial charge in [-0.1, -0.05) is 32.0 Å².